The zero-order valence-electron chi connectivity index (χ0n) is 12.4. The van der Waals surface area contributed by atoms with E-state index in [2.05, 4.69) is 20.9 Å². The molecule has 2 aromatic rings. The Morgan fingerprint density at radius 2 is 2.05 bits per heavy atom. The Morgan fingerprint density at radius 3 is 2.71 bits per heavy atom. The van der Waals surface area contributed by atoms with Gasteiger partial charge in [0.15, 0.2) is 0 Å². The minimum atomic E-state index is -0.0659. The summed E-state index contributed by atoms with van der Waals surface area (Å²) in [6.07, 6.45) is 0. The highest BCUT2D eigenvalue weighted by atomic mass is 79.9. The van der Waals surface area contributed by atoms with Crippen LogP contribution in [0.1, 0.15) is 27.3 Å². The molecule has 0 fully saturated rings. The Labute approximate surface area is 133 Å². The Hall–Kier alpha value is -1.88. The van der Waals surface area contributed by atoms with E-state index >= 15 is 0 Å². The first-order valence-corrected chi connectivity index (χ1v) is 7.41. The molecule has 0 unspecified atom stereocenters. The van der Waals surface area contributed by atoms with Crippen molar-refractivity contribution in [3.05, 3.63) is 57.3 Å². The molecule has 4 nitrogen and oxygen atoms in total. The van der Waals surface area contributed by atoms with Gasteiger partial charge in [-0.25, -0.2) is 0 Å². The zero-order chi connectivity index (χ0) is 15.6. The van der Waals surface area contributed by atoms with Crippen molar-refractivity contribution in [1.82, 2.24) is 9.88 Å². The van der Waals surface area contributed by atoms with E-state index in [0.29, 0.717) is 17.8 Å². The lowest BCUT2D eigenvalue weighted by molar-refractivity contribution is 0.0782. The van der Waals surface area contributed by atoms with Crippen molar-refractivity contribution in [3.63, 3.8) is 0 Å². The fraction of sp³-hybridized carbons (Fsp3) is 0.250. The van der Waals surface area contributed by atoms with Gasteiger partial charge in [0.05, 0.1) is 12.2 Å². The number of carbonyl (C=O) groups is 1. The summed E-state index contributed by atoms with van der Waals surface area (Å²) in [5.74, 6) is -0.0659. The third-order valence-corrected chi connectivity index (χ3v) is 3.79. The standard InChI is InChI=1S/C16H18BrN3O/c1-10-5-4-6-13(19-10)9-20(3)16(21)14-7-12(17)8-15(18)11(14)2/h4-8H,9,18H2,1-3H3. The number of rotatable bonds is 3. The summed E-state index contributed by atoms with van der Waals surface area (Å²) in [5, 5.41) is 0. The molecule has 110 valence electrons. The fourth-order valence-corrected chi connectivity index (χ4v) is 2.61. The Kier molecular flexibility index (Phi) is 4.63. The van der Waals surface area contributed by atoms with E-state index in [1.807, 2.05) is 32.0 Å². The number of aromatic nitrogens is 1. The highest BCUT2D eigenvalue weighted by Gasteiger charge is 2.17. The number of anilines is 1. The van der Waals surface area contributed by atoms with Crippen LogP contribution in [-0.4, -0.2) is 22.8 Å². The number of amides is 1. The highest BCUT2D eigenvalue weighted by Crippen LogP contribution is 2.24. The van der Waals surface area contributed by atoms with Gasteiger partial charge in [0.1, 0.15) is 0 Å². The predicted molar refractivity (Wildman–Crippen MR) is 88.1 cm³/mol. The molecular weight excluding hydrogens is 330 g/mol. The van der Waals surface area contributed by atoms with Crippen molar-refractivity contribution in [2.24, 2.45) is 0 Å². The monoisotopic (exact) mass is 347 g/mol. The number of pyridine rings is 1. The molecule has 0 bridgehead atoms. The van der Waals surface area contributed by atoms with E-state index in [0.717, 1.165) is 21.4 Å². The Bertz CT molecular complexity index is 685. The topological polar surface area (TPSA) is 59.2 Å². The summed E-state index contributed by atoms with van der Waals surface area (Å²) in [6.45, 7) is 4.25. The zero-order valence-corrected chi connectivity index (χ0v) is 13.9. The van der Waals surface area contributed by atoms with Crippen molar-refractivity contribution in [1.29, 1.82) is 0 Å². The summed E-state index contributed by atoms with van der Waals surface area (Å²) < 4.78 is 0.802. The van der Waals surface area contributed by atoms with Gasteiger partial charge in [0, 0.05) is 28.5 Å². The molecule has 0 radical (unpaired) electrons. The third-order valence-electron chi connectivity index (χ3n) is 3.33. The van der Waals surface area contributed by atoms with Gasteiger partial charge in [-0.1, -0.05) is 22.0 Å². The molecule has 1 aromatic heterocycles. The number of hydrogen-bond donors (Lipinski definition) is 1. The van der Waals surface area contributed by atoms with Crippen LogP contribution in [0.25, 0.3) is 0 Å². The molecule has 0 saturated carbocycles. The maximum atomic E-state index is 12.6. The maximum Gasteiger partial charge on any atom is 0.254 e. The fourth-order valence-electron chi connectivity index (χ4n) is 2.13. The van der Waals surface area contributed by atoms with E-state index in [1.54, 1.807) is 24.1 Å². The predicted octanol–water partition coefficient (Wildman–Crippen LogP) is 3.32. The van der Waals surface area contributed by atoms with E-state index in [9.17, 15) is 4.79 Å². The van der Waals surface area contributed by atoms with Gasteiger partial charge in [-0.15, -0.1) is 0 Å². The third kappa shape index (κ3) is 3.61. The lowest BCUT2D eigenvalue weighted by atomic mass is 10.1. The number of halogens is 1. The summed E-state index contributed by atoms with van der Waals surface area (Å²) in [6, 6.07) is 9.39. The van der Waals surface area contributed by atoms with Crippen LogP contribution >= 0.6 is 15.9 Å². The summed E-state index contributed by atoms with van der Waals surface area (Å²) >= 11 is 3.38. The molecule has 1 aromatic carbocycles. The Balaban J connectivity index is 2.24. The summed E-state index contributed by atoms with van der Waals surface area (Å²) in [4.78, 5) is 18.6. The number of nitrogen functional groups attached to an aromatic ring is 1. The second-order valence-corrected chi connectivity index (χ2v) is 6.01. The van der Waals surface area contributed by atoms with Gasteiger partial charge in [-0.2, -0.15) is 0 Å². The number of nitrogens with zero attached hydrogens (tertiary/aromatic N) is 2. The maximum absolute atomic E-state index is 12.6. The quantitative estimate of drug-likeness (QED) is 0.866. The van der Waals surface area contributed by atoms with Crippen LogP contribution in [0.2, 0.25) is 0 Å². The molecule has 1 amide bonds. The Morgan fingerprint density at radius 1 is 1.33 bits per heavy atom. The second-order valence-electron chi connectivity index (χ2n) is 5.10. The van der Waals surface area contributed by atoms with Crippen molar-refractivity contribution in [3.8, 4) is 0 Å². The SMILES string of the molecule is Cc1cccc(CN(C)C(=O)c2cc(Br)cc(N)c2C)n1. The number of nitrogens with two attached hydrogens (primary N) is 1. The molecule has 0 saturated heterocycles. The first kappa shape index (κ1) is 15.5. The van der Waals surface area contributed by atoms with Crippen LogP contribution in [-0.2, 0) is 6.54 Å². The van der Waals surface area contributed by atoms with E-state index in [1.165, 1.54) is 0 Å². The summed E-state index contributed by atoms with van der Waals surface area (Å²) in [5.41, 5.74) is 9.74. The molecule has 5 heteroatoms. The van der Waals surface area contributed by atoms with Crippen molar-refractivity contribution < 1.29 is 4.79 Å². The smallest absolute Gasteiger partial charge is 0.254 e. The molecule has 0 aliphatic carbocycles. The minimum absolute atomic E-state index is 0.0659. The first-order valence-electron chi connectivity index (χ1n) is 6.62. The van der Waals surface area contributed by atoms with Crippen LogP contribution in [0, 0.1) is 13.8 Å². The molecule has 1 heterocycles. The van der Waals surface area contributed by atoms with Gasteiger partial charge < -0.3 is 10.6 Å². The molecule has 21 heavy (non-hydrogen) atoms. The van der Waals surface area contributed by atoms with Crippen LogP contribution in [0.15, 0.2) is 34.8 Å². The van der Waals surface area contributed by atoms with Crippen molar-refractivity contribution in [2.75, 3.05) is 12.8 Å². The summed E-state index contributed by atoms with van der Waals surface area (Å²) in [7, 11) is 1.77. The molecular formula is C16H18BrN3O. The number of benzene rings is 1. The van der Waals surface area contributed by atoms with Gasteiger partial charge in [-0.3, -0.25) is 9.78 Å². The molecule has 0 atom stereocenters. The number of aryl methyl sites for hydroxylation is 1. The van der Waals surface area contributed by atoms with Gasteiger partial charge in [0.2, 0.25) is 0 Å². The largest absolute Gasteiger partial charge is 0.398 e. The van der Waals surface area contributed by atoms with Gasteiger partial charge >= 0.3 is 0 Å². The number of hydrogen-bond acceptors (Lipinski definition) is 3. The van der Waals surface area contributed by atoms with Crippen molar-refractivity contribution >= 4 is 27.5 Å². The molecule has 0 aliphatic rings. The normalized spacial score (nSPS) is 10.5. The highest BCUT2D eigenvalue weighted by molar-refractivity contribution is 9.10. The average Bonchev–Trinajstić information content (AvgIpc) is 2.42. The minimum Gasteiger partial charge on any atom is -0.398 e. The molecule has 0 spiro atoms. The second kappa shape index (κ2) is 6.26. The lowest BCUT2D eigenvalue weighted by Crippen LogP contribution is -2.27. The van der Waals surface area contributed by atoms with E-state index < -0.39 is 0 Å². The van der Waals surface area contributed by atoms with Crippen LogP contribution in [0.3, 0.4) is 0 Å². The lowest BCUT2D eigenvalue weighted by Gasteiger charge is -2.19. The van der Waals surface area contributed by atoms with Gasteiger partial charge in [-0.05, 0) is 43.7 Å². The van der Waals surface area contributed by atoms with E-state index in [4.69, 9.17) is 5.73 Å². The van der Waals surface area contributed by atoms with Crippen molar-refractivity contribution in [2.45, 2.75) is 20.4 Å². The first-order chi connectivity index (χ1) is 9.88. The molecule has 2 rings (SSSR count). The molecule has 0 aliphatic heterocycles. The van der Waals surface area contributed by atoms with Crippen LogP contribution < -0.4 is 5.73 Å². The van der Waals surface area contributed by atoms with E-state index in [-0.39, 0.29) is 5.91 Å². The number of carbonyl (C=O) groups excluding carboxylic acids is 1. The molecule has 2 N–H and O–H groups in total. The van der Waals surface area contributed by atoms with Crippen LogP contribution in [0.5, 0.6) is 0 Å². The average molecular weight is 348 g/mol. The van der Waals surface area contributed by atoms with Crippen LogP contribution in [0.4, 0.5) is 5.69 Å². The van der Waals surface area contributed by atoms with Gasteiger partial charge in [0.25, 0.3) is 5.91 Å².